The Morgan fingerprint density at radius 1 is 1.24 bits per heavy atom. The van der Waals surface area contributed by atoms with Crippen LogP contribution in [0.25, 0.3) is 11.0 Å². The van der Waals surface area contributed by atoms with Crippen molar-refractivity contribution in [1.29, 1.82) is 0 Å². The number of aliphatic carboxylic acids is 1. The second-order valence-corrected chi connectivity index (χ2v) is 7.57. The highest BCUT2D eigenvalue weighted by Crippen LogP contribution is 2.32. The number of carboxylic acids is 1. The summed E-state index contributed by atoms with van der Waals surface area (Å²) in [5.74, 6) is -1.14. The summed E-state index contributed by atoms with van der Waals surface area (Å²) in [5, 5.41) is 12.6. The minimum Gasteiger partial charge on any atom is -0.480 e. The molecule has 3 rings (SSSR count). The van der Waals surface area contributed by atoms with Crippen LogP contribution in [0.4, 0.5) is 0 Å². The average Bonchev–Trinajstić information content (AvgIpc) is 2.70. The molecule has 1 heterocycles. The van der Waals surface area contributed by atoms with E-state index in [-0.39, 0.29) is 5.63 Å². The number of fused-ring (bicyclic) bond motifs is 3. The quantitative estimate of drug-likeness (QED) is 0.691. The first kappa shape index (κ1) is 20.9. The van der Waals surface area contributed by atoms with Crippen molar-refractivity contribution < 1.29 is 23.8 Å². The van der Waals surface area contributed by atoms with Gasteiger partial charge in [0.1, 0.15) is 17.4 Å². The number of carbonyl (C=O) groups excluding carboxylic acids is 1. The number of benzene rings is 1. The lowest BCUT2D eigenvalue weighted by Gasteiger charge is -2.21. The van der Waals surface area contributed by atoms with E-state index in [1.807, 2.05) is 13.0 Å². The fourth-order valence-corrected chi connectivity index (χ4v) is 3.83. The topological polar surface area (TPSA) is 106 Å². The Labute approximate surface area is 169 Å². The van der Waals surface area contributed by atoms with Crippen LogP contribution >= 0.6 is 0 Å². The van der Waals surface area contributed by atoms with Crippen molar-refractivity contribution in [2.45, 2.75) is 71.4 Å². The lowest BCUT2D eigenvalue weighted by molar-refractivity contribution is -0.143. The maximum atomic E-state index is 12.4. The Morgan fingerprint density at radius 2 is 1.93 bits per heavy atom. The van der Waals surface area contributed by atoms with Gasteiger partial charge in [0.05, 0.1) is 0 Å². The third-order valence-corrected chi connectivity index (χ3v) is 5.46. The molecule has 1 aliphatic carbocycles. The molecule has 0 unspecified atom stereocenters. The molecule has 0 aliphatic heterocycles. The van der Waals surface area contributed by atoms with E-state index in [1.165, 1.54) is 0 Å². The van der Waals surface area contributed by atoms with Gasteiger partial charge in [-0.25, -0.2) is 9.59 Å². The van der Waals surface area contributed by atoms with Crippen molar-refractivity contribution in [3.05, 3.63) is 39.2 Å². The van der Waals surface area contributed by atoms with Crippen molar-refractivity contribution in [3.63, 3.8) is 0 Å². The molecule has 29 heavy (non-hydrogen) atoms. The van der Waals surface area contributed by atoms with Crippen molar-refractivity contribution in [1.82, 2.24) is 5.32 Å². The zero-order chi connectivity index (χ0) is 21.1. The van der Waals surface area contributed by atoms with E-state index >= 15 is 0 Å². The highest BCUT2D eigenvalue weighted by Gasteiger charge is 2.25. The van der Waals surface area contributed by atoms with Crippen molar-refractivity contribution in [2.75, 3.05) is 0 Å². The predicted octanol–water partition coefficient (Wildman–Crippen LogP) is 3.12. The van der Waals surface area contributed by atoms with E-state index in [0.717, 1.165) is 42.2 Å². The summed E-state index contributed by atoms with van der Waals surface area (Å²) >= 11 is 0. The number of carbonyl (C=O) groups is 2. The monoisotopic (exact) mass is 401 g/mol. The number of hydrogen-bond acceptors (Lipinski definition) is 5. The Balaban J connectivity index is 1.85. The van der Waals surface area contributed by atoms with Crippen LogP contribution in [0.2, 0.25) is 0 Å². The molecule has 7 heteroatoms. The summed E-state index contributed by atoms with van der Waals surface area (Å²) in [6.07, 6.45) is 3.72. The van der Waals surface area contributed by atoms with Gasteiger partial charge in [-0.05, 0) is 63.6 Å². The molecule has 0 fully saturated rings. The molecule has 0 saturated heterocycles. The number of aryl methyl sites for hydroxylation is 2. The van der Waals surface area contributed by atoms with E-state index in [9.17, 15) is 19.5 Å². The van der Waals surface area contributed by atoms with E-state index in [2.05, 4.69) is 5.32 Å². The van der Waals surface area contributed by atoms with Crippen LogP contribution in [0, 0.1) is 6.92 Å². The van der Waals surface area contributed by atoms with E-state index in [0.29, 0.717) is 29.7 Å². The lowest BCUT2D eigenvalue weighted by atomic mass is 9.90. The molecule has 0 spiro atoms. The molecule has 2 atom stereocenters. The Kier molecular flexibility index (Phi) is 6.25. The Bertz CT molecular complexity index is 993. The van der Waals surface area contributed by atoms with Gasteiger partial charge < -0.3 is 19.6 Å². The van der Waals surface area contributed by atoms with Crippen LogP contribution in [0.3, 0.4) is 0 Å². The number of carboxylic acid groups (broad SMARTS) is 1. The molecular formula is C22H27NO6. The second-order valence-electron chi connectivity index (χ2n) is 7.57. The van der Waals surface area contributed by atoms with Crippen LogP contribution < -0.4 is 15.7 Å². The fourth-order valence-electron chi connectivity index (χ4n) is 3.83. The first-order valence-electron chi connectivity index (χ1n) is 10.1. The van der Waals surface area contributed by atoms with Gasteiger partial charge in [-0.1, -0.05) is 13.3 Å². The SMILES string of the molecule is CCC[C@H](NC(=O)[C@H](C)Oc1ccc2c3c(c(=O)oc2c1C)CCCC3)C(=O)O. The van der Waals surface area contributed by atoms with Crippen LogP contribution in [0.1, 0.15) is 56.2 Å². The largest absolute Gasteiger partial charge is 0.480 e. The first-order chi connectivity index (χ1) is 13.8. The van der Waals surface area contributed by atoms with Crippen LogP contribution in [-0.2, 0) is 22.4 Å². The molecule has 0 bridgehead atoms. The third kappa shape index (κ3) is 4.28. The molecule has 2 aromatic rings. The van der Waals surface area contributed by atoms with E-state index in [1.54, 1.807) is 19.9 Å². The summed E-state index contributed by atoms with van der Waals surface area (Å²) < 4.78 is 11.4. The Morgan fingerprint density at radius 3 is 2.59 bits per heavy atom. The van der Waals surface area contributed by atoms with Gasteiger partial charge in [0.25, 0.3) is 5.91 Å². The van der Waals surface area contributed by atoms with Gasteiger partial charge in [0.15, 0.2) is 6.10 Å². The highest BCUT2D eigenvalue weighted by molar-refractivity contribution is 5.88. The molecule has 156 valence electrons. The predicted molar refractivity (Wildman–Crippen MR) is 108 cm³/mol. The second kappa shape index (κ2) is 8.68. The standard InChI is InChI=1S/C22H27NO6/c1-4-7-17(21(25)26)23-20(24)13(3)28-18-11-10-15-14-8-5-6-9-16(14)22(27)29-19(15)12(18)2/h10-11,13,17H,4-9H2,1-3H3,(H,23,24)(H,25,26)/t13-,17-/m0/s1. The van der Waals surface area contributed by atoms with E-state index in [4.69, 9.17) is 9.15 Å². The molecule has 2 N–H and O–H groups in total. The lowest BCUT2D eigenvalue weighted by Crippen LogP contribution is -2.46. The summed E-state index contributed by atoms with van der Waals surface area (Å²) in [4.78, 5) is 36.0. The highest BCUT2D eigenvalue weighted by atomic mass is 16.5. The zero-order valence-electron chi connectivity index (χ0n) is 17.0. The number of amides is 1. The number of rotatable bonds is 7. The van der Waals surface area contributed by atoms with Gasteiger partial charge in [-0.3, -0.25) is 4.79 Å². The van der Waals surface area contributed by atoms with Crippen LogP contribution in [0.15, 0.2) is 21.3 Å². The molecule has 1 aliphatic rings. The van der Waals surface area contributed by atoms with Crippen molar-refractivity contribution >= 4 is 22.8 Å². The van der Waals surface area contributed by atoms with Crippen LogP contribution in [-0.4, -0.2) is 29.1 Å². The summed E-state index contributed by atoms with van der Waals surface area (Å²) in [6, 6.07) is 2.70. The fraction of sp³-hybridized carbons (Fsp3) is 0.500. The summed E-state index contributed by atoms with van der Waals surface area (Å²) in [7, 11) is 0. The number of ether oxygens (including phenoxy) is 1. The number of nitrogens with one attached hydrogen (secondary N) is 1. The molecule has 1 amide bonds. The molecule has 0 saturated carbocycles. The maximum Gasteiger partial charge on any atom is 0.339 e. The molecule has 7 nitrogen and oxygen atoms in total. The van der Waals surface area contributed by atoms with Gasteiger partial charge in [-0.2, -0.15) is 0 Å². The van der Waals surface area contributed by atoms with Crippen molar-refractivity contribution in [2.24, 2.45) is 0 Å². The zero-order valence-corrected chi connectivity index (χ0v) is 17.0. The summed E-state index contributed by atoms with van der Waals surface area (Å²) in [5.41, 5.74) is 2.64. The Hall–Kier alpha value is -2.83. The number of hydrogen-bond donors (Lipinski definition) is 2. The molecular weight excluding hydrogens is 374 g/mol. The van der Waals surface area contributed by atoms with Gasteiger partial charge in [-0.15, -0.1) is 0 Å². The van der Waals surface area contributed by atoms with Gasteiger partial charge >= 0.3 is 11.6 Å². The van der Waals surface area contributed by atoms with E-state index < -0.39 is 24.0 Å². The minimum absolute atomic E-state index is 0.304. The normalized spacial score (nSPS) is 15.4. The minimum atomic E-state index is -1.07. The smallest absolute Gasteiger partial charge is 0.339 e. The van der Waals surface area contributed by atoms with Crippen molar-refractivity contribution in [3.8, 4) is 5.75 Å². The average molecular weight is 401 g/mol. The van der Waals surface area contributed by atoms with Gasteiger partial charge in [0, 0.05) is 16.5 Å². The first-order valence-corrected chi connectivity index (χ1v) is 10.1. The molecule has 1 aromatic heterocycles. The summed E-state index contributed by atoms with van der Waals surface area (Å²) in [6.45, 7) is 5.21. The molecule has 1 aromatic carbocycles. The third-order valence-electron chi connectivity index (χ3n) is 5.46. The molecule has 0 radical (unpaired) electrons. The maximum absolute atomic E-state index is 12.4. The van der Waals surface area contributed by atoms with Crippen LogP contribution in [0.5, 0.6) is 5.75 Å². The van der Waals surface area contributed by atoms with Gasteiger partial charge in [0.2, 0.25) is 0 Å².